The molecule has 2 heterocycles. The molecule has 1 aromatic rings. The summed E-state index contributed by atoms with van der Waals surface area (Å²) in [6.07, 6.45) is -0.328. The standard InChI is InChI=1S/C11H13NO3S/c1-6-4-5-8(16-6)10-9(11(13)14-3)12-7(2)15-10/h4-5,9-10H,1-3H3. The number of esters is 1. The van der Waals surface area contributed by atoms with Crippen LogP contribution in [-0.4, -0.2) is 25.0 Å². The Morgan fingerprint density at radius 1 is 1.50 bits per heavy atom. The van der Waals surface area contributed by atoms with Crippen molar-refractivity contribution in [1.29, 1.82) is 0 Å². The van der Waals surface area contributed by atoms with Crippen molar-refractivity contribution in [3.63, 3.8) is 0 Å². The van der Waals surface area contributed by atoms with Crippen LogP contribution in [0.1, 0.15) is 22.8 Å². The second kappa shape index (κ2) is 4.25. The van der Waals surface area contributed by atoms with Crippen molar-refractivity contribution in [1.82, 2.24) is 0 Å². The second-order valence-corrected chi connectivity index (χ2v) is 4.92. The van der Waals surface area contributed by atoms with E-state index in [1.54, 1.807) is 18.3 Å². The fourth-order valence-corrected chi connectivity index (χ4v) is 2.60. The van der Waals surface area contributed by atoms with Crippen molar-refractivity contribution in [2.75, 3.05) is 7.11 Å². The van der Waals surface area contributed by atoms with E-state index in [0.717, 1.165) is 4.88 Å². The molecule has 0 N–H and O–H groups in total. The fourth-order valence-electron chi connectivity index (χ4n) is 1.66. The third-order valence-corrected chi connectivity index (χ3v) is 3.45. The van der Waals surface area contributed by atoms with Gasteiger partial charge in [0.25, 0.3) is 0 Å². The first kappa shape index (κ1) is 11.1. The minimum Gasteiger partial charge on any atom is -0.469 e. The first-order chi connectivity index (χ1) is 7.61. The van der Waals surface area contributed by atoms with Crippen LogP contribution in [0.15, 0.2) is 17.1 Å². The number of carbonyl (C=O) groups excluding carboxylic acids is 1. The van der Waals surface area contributed by atoms with Crippen LogP contribution < -0.4 is 0 Å². The van der Waals surface area contributed by atoms with E-state index in [1.165, 1.54) is 12.0 Å². The monoisotopic (exact) mass is 239 g/mol. The maximum absolute atomic E-state index is 11.5. The number of methoxy groups -OCH3 is 1. The lowest BCUT2D eigenvalue weighted by atomic mass is 10.1. The topological polar surface area (TPSA) is 47.9 Å². The van der Waals surface area contributed by atoms with Crippen LogP contribution in [-0.2, 0) is 14.3 Å². The summed E-state index contributed by atoms with van der Waals surface area (Å²) in [4.78, 5) is 17.9. The average Bonchev–Trinajstić information content (AvgIpc) is 2.83. The van der Waals surface area contributed by atoms with E-state index in [2.05, 4.69) is 4.99 Å². The maximum atomic E-state index is 11.5. The van der Waals surface area contributed by atoms with Gasteiger partial charge >= 0.3 is 5.97 Å². The molecule has 0 aliphatic carbocycles. The molecule has 1 aliphatic heterocycles. The molecule has 2 rings (SSSR count). The number of ether oxygens (including phenoxy) is 2. The number of hydrogen-bond donors (Lipinski definition) is 0. The van der Waals surface area contributed by atoms with Gasteiger partial charge < -0.3 is 9.47 Å². The number of aliphatic imine (C=N–C) groups is 1. The van der Waals surface area contributed by atoms with E-state index < -0.39 is 6.04 Å². The molecule has 16 heavy (non-hydrogen) atoms. The van der Waals surface area contributed by atoms with Gasteiger partial charge in [0.1, 0.15) is 0 Å². The van der Waals surface area contributed by atoms with Crippen LogP contribution in [0.3, 0.4) is 0 Å². The normalized spacial score (nSPS) is 23.8. The quantitative estimate of drug-likeness (QED) is 0.742. The van der Waals surface area contributed by atoms with E-state index in [4.69, 9.17) is 9.47 Å². The van der Waals surface area contributed by atoms with Gasteiger partial charge in [0.05, 0.1) is 7.11 Å². The summed E-state index contributed by atoms with van der Waals surface area (Å²) in [6, 6.07) is 3.41. The Balaban J connectivity index is 2.25. The zero-order valence-corrected chi connectivity index (χ0v) is 10.2. The lowest BCUT2D eigenvalue weighted by Gasteiger charge is -2.13. The molecule has 0 bridgehead atoms. The van der Waals surface area contributed by atoms with Gasteiger partial charge in [-0.3, -0.25) is 0 Å². The predicted molar refractivity (Wildman–Crippen MR) is 61.8 cm³/mol. The van der Waals surface area contributed by atoms with E-state index in [0.29, 0.717) is 5.90 Å². The lowest BCUT2D eigenvalue weighted by Crippen LogP contribution is -2.24. The minimum atomic E-state index is -0.567. The largest absolute Gasteiger partial charge is 0.469 e. The highest BCUT2D eigenvalue weighted by Crippen LogP contribution is 2.34. The average molecular weight is 239 g/mol. The SMILES string of the molecule is COC(=O)C1N=C(C)OC1c1ccc(C)s1. The molecule has 1 aliphatic rings. The minimum absolute atomic E-state index is 0.328. The number of carbonyl (C=O) groups is 1. The molecule has 0 radical (unpaired) electrons. The second-order valence-electron chi connectivity index (χ2n) is 3.60. The van der Waals surface area contributed by atoms with Crippen molar-refractivity contribution in [2.45, 2.75) is 26.0 Å². The Kier molecular flexibility index (Phi) is 2.96. The molecule has 0 saturated heterocycles. The molecule has 2 atom stereocenters. The smallest absolute Gasteiger partial charge is 0.335 e. The summed E-state index contributed by atoms with van der Waals surface area (Å²) >= 11 is 1.61. The van der Waals surface area contributed by atoms with Gasteiger partial charge in [0.15, 0.2) is 18.0 Å². The van der Waals surface area contributed by atoms with Crippen LogP contribution in [0.4, 0.5) is 0 Å². The summed E-state index contributed by atoms with van der Waals surface area (Å²) in [7, 11) is 1.36. The van der Waals surface area contributed by atoms with E-state index in [9.17, 15) is 4.79 Å². The number of rotatable bonds is 2. The van der Waals surface area contributed by atoms with Crippen LogP contribution in [0.5, 0.6) is 0 Å². The predicted octanol–water partition coefficient (Wildman–Crippen LogP) is 2.09. The summed E-state index contributed by atoms with van der Waals surface area (Å²) in [5.74, 6) is 0.180. The Bertz CT molecular complexity index is 438. The van der Waals surface area contributed by atoms with Gasteiger partial charge in [-0.15, -0.1) is 11.3 Å². The van der Waals surface area contributed by atoms with Crippen LogP contribution in [0.25, 0.3) is 0 Å². The molecule has 0 aromatic carbocycles. The van der Waals surface area contributed by atoms with Gasteiger partial charge in [0, 0.05) is 16.7 Å². The Morgan fingerprint density at radius 2 is 2.25 bits per heavy atom. The first-order valence-electron chi connectivity index (χ1n) is 4.97. The van der Waals surface area contributed by atoms with Gasteiger partial charge in [-0.1, -0.05) is 0 Å². The molecule has 1 aromatic heterocycles. The molecule has 5 heteroatoms. The number of hydrogen-bond acceptors (Lipinski definition) is 5. The molecular formula is C11H13NO3S. The summed E-state index contributed by atoms with van der Waals surface area (Å²) in [5.41, 5.74) is 0. The molecule has 0 amide bonds. The van der Waals surface area contributed by atoms with Gasteiger partial charge in [-0.2, -0.15) is 0 Å². The zero-order chi connectivity index (χ0) is 11.7. The molecule has 4 nitrogen and oxygen atoms in total. The van der Waals surface area contributed by atoms with Crippen LogP contribution in [0.2, 0.25) is 0 Å². The summed E-state index contributed by atoms with van der Waals surface area (Å²) < 4.78 is 10.3. The Morgan fingerprint density at radius 3 is 2.81 bits per heavy atom. The van der Waals surface area contributed by atoms with Crippen LogP contribution >= 0.6 is 11.3 Å². The first-order valence-corrected chi connectivity index (χ1v) is 5.78. The maximum Gasteiger partial charge on any atom is 0.335 e. The zero-order valence-electron chi connectivity index (χ0n) is 9.39. The number of nitrogens with zero attached hydrogens (tertiary/aromatic N) is 1. The van der Waals surface area contributed by atoms with Crippen molar-refractivity contribution in [3.05, 3.63) is 21.9 Å². The molecule has 86 valence electrons. The summed E-state index contributed by atoms with van der Waals surface area (Å²) in [6.45, 7) is 3.76. The van der Waals surface area contributed by atoms with Gasteiger partial charge in [0.2, 0.25) is 0 Å². The van der Waals surface area contributed by atoms with Crippen molar-refractivity contribution < 1.29 is 14.3 Å². The lowest BCUT2D eigenvalue weighted by molar-refractivity contribution is -0.143. The van der Waals surface area contributed by atoms with E-state index in [-0.39, 0.29) is 12.1 Å². The van der Waals surface area contributed by atoms with Gasteiger partial charge in [-0.25, -0.2) is 9.79 Å². The Labute approximate surface area is 97.9 Å². The van der Waals surface area contributed by atoms with Crippen molar-refractivity contribution >= 4 is 23.2 Å². The highest BCUT2D eigenvalue weighted by atomic mass is 32.1. The molecule has 0 fully saturated rings. The third kappa shape index (κ3) is 1.95. The molecular weight excluding hydrogens is 226 g/mol. The highest BCUT2D eigenvalue weighted by Gasteiger charge is 2.37. The van der Waals surface area contributed by atoms with Gasteiger partial charge in [-0.05, 0) is 19.1 Å². The molecule has 2 unspecified atom stereocenters. The number of thiophene rings is 1. The highest BCUT2D eigenvalue weighted by molar-refractivity contribution is 7.12. The van der Waals surface area contributed by atoms with E-state index in [1.807, 2.05) is 19.1 Å². The number of aryl methyl sites for hydroxylation is 1. The van der Waals surface area contributed by atoms with E-state index >= 15 is 0 Å². The Hall–Kier alpha value is -1.36. The summed E-state index contributed by atoms with van der Waals surface area (Å²) in [5, 5.41) is 0. The van der Waals surface area contributed by atoms with Crippen LogP contribution in [0, 0.1) is 6.92 Å². The third-order valence-electron chi connectivity index (χ3n) is 2.39. The van der Waals surface area contributed by atoms with Crippen molar-refractivity contribution in [2.24, 2.45) is 4.99 Å². The van der Waals surface area contributed by atoms with Crippen molar-refractivity contribution in [3.8, 4) is 0 Å². The fraction of sp³-hybridized carbons (Fsp3) is 0.455. The molecule has 0 spiro atoms. The molecule has 0 saturated carbocycles.